The van der Waals surface area contributed by atoms with Crippen molar-refractivity contribution in [2.45, 2.75) is 31.8 Å². The number of carbonyl (C=O) groups is 1. The molecule has 1 amide bonds. The van der Waals surface area contributed by atoms with Crippen molar-refractivity contribution in [3.63, 3.8) is 0 Å². The van der Waals surface area contributed by atoms with Gasteiger partial charge in [0.25, 0.3) is 0 Å². The summed E-state index contributed by atoms with van der Waals surface area (Å²) in [4.78, 5) is 10.5. The van der Waals surface area contributed by atoms with Crippen molar-refractivity contribution in [3.05, 3.63) is 0 Å². The Hall–Kier alpha value is -0.570. The Bertz CT molecular complexity index is 147. The van der Waals surface area contributed by atoms with Crippen LogP contribution in [-0.2, 0) is 9.53 Å². The summed E-state index contributed by atoms with van der Waals surface area (Å²) in [6.07, 6.45) is 4.05. The summed E-state index contributed by atoms with van der Waals surface area (Å²) >= 11 is 0. The van der Waals surface area contributed by atoms with E-state index in [1.807, 2.05) is 0 Å². The zero-order chi connectivity index (χ0) is 8.27. The van der Waals surface area contributed by atoms with Crippen molar-refractivity contribution in [3.8, 4) is 0 Å². The van der Waals surface area contributed by atoms with Crippen molar-refractivity contribution in [1.29, 1.82) is 0 Å². The first-order valence-electron chi connectivity index (χ1n) is 4.03. The molecule has 0 aromatic rings. The number of hydrogen-bond acceptors (Lipinski definition) is 2. The van der Waals surface area contributed by atoms with Crippen LogP contribution in [0.25, 0.3) is 0 Å². The van der Waals surface area contributed by atoms with Crippen molar-refractivity contribution < 1.29 is 9.53 Å². The molecule has 3 nitrogen and oxygen atoms in total. The third-order valence-corrected chi connectivity index (χ3v) is 2.32. The van der Waals surface area contributed by atoms with Gasteiger partial charge in [-0.1, -0.05) is 0 Å². The number of hydrogen-bond donors (Lipinski definition) is 1. The van der Waals surface area contributed by atoms with Crippen molar-refractivity contribution in [1.82, 2.24) is 0 Å². The summed E-state index contributed by atoms with van der Waals surface area (Å²) in [6.45, 7) is 0. The molecule has 11 heavy (non-hydrogen) atoms. The smallest absolute Gasteiger partial charge is 0.217 e. The third-order valence-electron chi connectivity index (χ3n) is 2.32. The number of ether oxygens (including phenoxy) is 1. The first-order chi connectivity index (χ1) is 5.22. The highest BCUT2D eigenvalue weighted by Gasteiger charge is 2.25. The Morgan fingerprint density at radius 2 is 2.36 bits per heavy atom. The van der Waals surface area contributed by atoms with E-state index in [1.165, 1.54) is 0 Å². The topological polar surface area (TPSA) is 52.3 Å². The zero-order valence-electron chi connectivity index (χ0n) is 6.88. The Morgan fingerprint density at radius 3 is 2.82 bits per heavy atom. The van der Waals surface area contributed by atoms with Crippen molar-refractivity contribution in [2.75, 3.05) is 7.11 Å². The van der Waals surface area contributed by atoms with E-state index in [2.05, 4.69) is 0 Å². The summed E-state index contributed by atoms with van der Waals surface area (Å²) in [5.74, 6) is 0.282. The zero-order valence-corrected chi connectivity index (χ0v) is 6.88. The minimum Gasteiger partial charge on any atom is -0.381 e. The van der Waals surface area contributed by atoms with Gasteiger partial charge in [0.05, 0.1) is 6.10 Å². The van der Waals surface area contributed by atoms with Crippen LogP contribution in [0.5, 0.6) is 0 Å². The van der Waals surface area contributed by atoms with Gasteiger partial charge in [-0.15, -0.1) is 0 Å². The SMILES string of the molecule is COC1CCC(CC(N)=O)C1. The highest BCUT2D eigenvalue weighted by Crippen LogP contribution is 2.29. The van der Waals surface area contributed by atoms with E-state index in [-0.39, 0.29) is 5.91 Å². The highest BCUT2D eigenvalue weighted by molar-refractivity contribution is 5.74. The van der Waals surface area contributed by atoms with Gasteiger partial charge < -0.3 is 10.5 Å². The van der Waals surface area contributed by atoms with Crippen LogP contribution in [0.2, 0.25) is 0 Å². The van der Waals surface area contributed by atoms with Crippen LogP contribution in [0, 0.1) is 5.92 Å². The van der Waals surface area contributed by atoms with Gasteiger partial charge in [0.1, 0.15) is 0 Å². The van der Waals surface area contributed by atoms with Gasteiger partial charge >= 0.3 is 0 Å². The quantitative estimate of drug-likeness (QED) is 0.654. The molecule has 0 radical (unpaired) electrons. The maximum atomic E-state index is 10.5. The van der Waals surface area contributed by atoms with Crippen LogP contribution in [-0.4, -0.2) is 19.1 Å². The van der Waals surface area contributed by atoms with Gasteiger partial charge in [0.2, 0.25) is 5.91 Å². The fraction of sp³-hybridized carbons (Fsp3) is 0.875. The number of carbonyl (C=O) groups excluding carboxylic acids is 1. The lowest BCUT2D eigenvalue weighted by Gasteiger charge is -2.07. The molecular formula is C8H15NO2. The molecular weight excluding hydrogens is 142 g/mol. The fourth-order valence-corrected chi connectivity index (χ4v) is 1.71. The maximum Gasteiger partial charge on any atom is 0.217 e. The Labute approximate surface area is 66.9 Å². The van der Waals surface area contributed by atoms with Crippen LogP contribution < -0.4 is 5.73 Å². The highest BCUT2D eigenvalue weighted by atomic mass is 16.5. The van der Waals surface area contributed by atoms with Gasteiger partial charge in [-0.3, -0.25) is 4.79 Å². The molecule has 0 bridgehead atoms. The van der Waals surface area contributed by atoms with Crippen LogP contribution in [0.15, 0.2) is 0 Å². The summed E-state index contributed by atoms with van der Waals surface area (Å²) in [6, 6.07) is 0. The summed E-state index contributed by atoms with van der Waals surface area (Å²) < 4.78 is 5.17. The van der Waals surface area contributed by atoms with Gasteiger partial charge in [-0.2, -0.15) is 0 Å². The summed E-state index contributed by atoms with van der Waals surface area (Å²) in [5, 5.41) is 0. The first-order valence-corrected chi connectivity index (χ1v) is 4.03. The normalized spacial score (nSPS) is 30.6. The molecule has 1 fully saturated rings. The monoisotopic (exact) mass is 157 g/mol. The van der Waals surface area contributed by atoms with Crippen LogP contribution >= 0.6 is 0 Å². The molecule has 3 heteroatoms. The average Bonchev–Trinajstić information content (AvgIpc) is 2.34. The van der Waals surface area contributed by atoms with Gasteiger partial charge in [0, 0.05) is 13.5 Å². The number of primary amides is 1. The van der Waals surface area contributed by atoms with Gasteiger partial charge in [0.15, 0.2) is 0 Å². The van der Waals surface area contributed by atoms with Crippen LogP contribution in [0.3, 0.4) is 0 Å². The number of rotatable bonds is 3. The average molecular weight is 157 g/mol. The van der Waals surface area contributed by atoms with E-state index in [1.54, 1.807) is 7.11 Å². The Balaban J connectivity index is 2.24. The molecule has 0 aliphatic heterocycles. The molecule has 0 spiro atoms. The molecule has 1 aliphatic rings. The second-order valence-electron chi connectivity index (χ2n) is 3.21. The predicted molar refractivity (Wildman–Crippen MR) is 41.9 cm³/mol. The lowest BCUT2D eigenvalue weighted by Crippen LogP contribution is -2.15. The molecule has 0 saturated heterocycles. The predicted octanol–water partition coefficient (Wildman–Crippen LogP) is 0.677. The molecule has 1 saturated carbocycles. The first kappa shape index (κ1) is 8.53. The van der Waals surface area contributed by atoms with E-state index in [9.17, 15) is 4.79 Å². The molecule has 64 valence electrons. The lowest BCUT2D eigenvalue weighted by atomic mass is 10.0. The van der Waals surface area contributed by atoms with E-state index in [4.69, 9.17) is 10.5 Å². The molecule has 0 heterocycles. The van der Waals surface area contributed by atoms with E-state index in [0.717, 1.165) is 19.3 Å². The third kappa shape index (κ3) is 2.50. The lowest BCUT2D eigenvalue weighted by molar-refractivity contribution is -0.118. The molecule has 0 aromatic heterocycles. The molecule has 1 rings (SSSR count). The molecule has 0 aromatic carbocycles. The Kier molecular flexibility index (Phi) is 2.88. The minimum atomic E-state index is -0.188. The summed E-state index contributed by atoms with van der Waals surface area (Å²) in [7, 11) is 1.72. The molecule has 2 N–H and O–H groups in total. The van der Waals surface area contributed by atoms with E-state index in [0.29, 0.717) is 18.4 Å². The molecule has 2 unspecified atom stereocenters. The number of amides is 1. The maximum absolute atomic E-state index is 10.5. The largest absolute Gasteiger partial charge is 0.381 e. The number of methoxy groups -OCH3 is 1. The number of nitrogens with two attached hydrogens (primary N) is 1. The van der Waals surface area contributed by atoms with Crippen LogP contribution in [0.1, 0.15) is 25.7 Å². The second kappa shape index (κ2) is 3.72. The second-order valence-corrected chi connectivity index (χ2v) is 3.21. The minimum absolute atomic E-state index is 0.188. The van der Waals surface area contributed by atoms with Gasteiger partial charge in [-0.25, -0.2) is 0 Å². The summed E-state index contributed by atoms with van der Waals surface area (Å²) in [5.41, 5.74) is 5.08. The fourth-order valence-electron chi connectivity index (χ4n) is 1.71. The van der Waals surface area contributed by atoms with Gasteiger partial charge in [-0.05, 0) is 25.2 Å². The molecule has 2 atom stereocenters. The van der Waals surface area contributed by atoms with Crippen molar-refractivity contribution >= 4 is 5.91 Å². The Morgan fingerprint density at radius 1 is 1.64 bits per heavy atom. The van der Waals surface area contributed by atoms with Crippen LogP contribution in [0.4, 0.5) is 0 Å². The standard InChI is InChI=1S/C8H15NO2/c1-11-7-3-2-6(4-7)5-8(9)10/h6-7H,2-5H2,1H3,(H2,9,10). The van der Waals surface area contributed by atoms with E-state index < -0.39 is 0 Å². The van der Waals surface area contributed by atoms with Crippen molar-refractivity contribution in [2.24, 2.45) is 11.7 Å². The van der Waals surface area contributed by atoms with E-state index >= 15 is 0 Å². The molecule has 1 aliphatic carbocycles.